The number of aryl methyl sites for hydroxylation is 2. The van der Waals surface area contributed by atoms with Gasteiger partial charge in [0.25, 0.3) is 5.91 Å². The predicted octanol–water partition coefficient (Wildman–Crippen LogP) is 5.13. The zero-order chi connectivity index (χ0) is 24.8. The van der Waals surface area contributed by atoms with Crippen LogP contribution in [0.3, 0.4) is 0 Å². The molecule has 4 aromatic rings. The minimum Gasteiger partial charge on any atom is -0.469 e. The van der Waals surface area contributed by atoms with Crippen LogP contribution in [0.25, 0.3) is 11.3 Å². The van der Waals surface area contributed by atoms with Crippen LogP contribution in [-0.4, -0.2) is 30.1 Å². The second-order valence-electron chi connectivity index (χ2n) is 8.78. The van der Waals surface area contributed by atoms with Gasteiger partial charge in [0.15, 0.2) is 16.6 Å². The van der Waals surface area contributed by atoms with Gasteiger partial charge >= 0.3 is 0 Å². The Morgan fingerprint density at radius 3 is 2.78 bits per heavy atom. The fraction of sp³-hybridized carbons (Fsp3) is 0.222. The van der Waals surface area contributed by atoms with Gasteiger partial charge in [0.2, 0.25) is 12.7 Å². The summed E-state index contributed by atoms with van der Waals surface area (Å²) in [6.07, 6.45) is 2.52. The minimum absolute atomic E-state index is 0.0509. The molecule has 2 amide bonds. The van der Waals surface area contributed by atoms with E-state index in [4.69, 9.17) is 18.9 Å². The lowest BCUT2D eigenvalue weighted by Gasteiger charge is -2.17. The Morgan fingerprint density at radius 1 is 1.08 bits per heavy atom. The molecule has 0 saturated heterocycles. The van der Waals surface area contributed by atoms with E-state index in [9.17, 15) is 9.59 Å². The SMILES string of the molecule is Cc1occc1C(=O)N1CCc2cc(-c3nc(NC(=O)Cc4ccc5c(c4)OCO5)sc3C)ccc21. The molecule has 0 radical (unpaired) electrons. The Bertz CT molecular complexity index is 1510. The molecule has 2 aromatic carbocycles. The molecule has 182 valence electrons. The van der Waals surface area contributed by atoms with Crippen LogP contribution in [0.2, 0.25) is 0 Å². The third-order valence-corrected chi connectivity index (χ3v) is 7.31. The Balaban J connectivity index is 1.17. The third kappa shape index (κ3) is 4.01. The quantitative estimate of drug-likeness (QED) is 0.407. The molecule has 0 unspecified atom stereocenters. The van der Waals surface area contributed by atoms with E-state index >= 15 is 0 Å². The molecule has 6 rings (SSSR count). The molecule has 0 bridgehead atoms. The number of benzene rings is 2. The summed E-state index contributed by atoms with van der Waals surface area (Å²) in [5.74, 6) is 1.77. The predicted molar refractivity (Wildman–Crippen MR) is 136 cm³/mol. The summed E-state index contributed by atoms with van der Waals surface area (Å²) in [6.45, 7) is 4.61. The fourth-order valence-electron chi connectivity index (χ4n) is 4.63. The first-order valence-electron chi connectivity index (χ1n) is 11.6. The number of ether oxygens (including phenoxy) is 2. The van der Waals surface area contributed by atoms with E-state index in [-0.39, 0.29) is 25.0 Å². The number of hydrogen-bond donors (Lipinski definition) is 1. The van der Waals surface area contributed by atoms with Gasteiger partial charge in [-0.25, -0.2) is 4.98 Å². The van der Waals surface area contributed by atoms with Crippen molar-refractivity contribution in [2.24, 2.45) is 0 Å². The number of thiazole rings is 1. The van der Waals surface area contributed by atoms with E-state index in [0.29, 0.717) is 34.5 Å². The molecule has 36 heavy (non-hydrogen) atoms. The summed E-state index contributed by atoms with van der Waals surface area (Å²) in [5.41, 5.74) is 5.23. The van der Waals surface area contributed by atoms with Crippen LogP contribution in [-0.2, 0) is 17.6 Å². The van der Waals surface area contributed by atoms with Crippen LogP contribution in [0.1, 0.15) is 32.1 Å². The summed E-state index contributed by atoms with van der Waals surface area (Å²) in [4.78, 5) is 33.2. The lowest BCUT2D eigenvalue weighted by Crippen LogP contribution is -2.28. The van der Waals surface area contributed by atoms with Gasteiger partial charge < -0.3 is 24.1 Å². The number of furan rings is 1. The summed E-state index contributed by atoms with van der Waals surface area (Å²) in [5, 5.41) is 3.48. The van der Waals surface area contributed by atoms with Crippen molar-refractivity contribution in [1.82, 2.24) is 4.98 Å². The van der Waals surface area contributed by atoms with Crippen molar-refractivity contribution in [2.75, 3.05) is 23.6 Å². The molecule has 2 aromatic heterocycles. The number of fused-ring (bicyclic) bond motifs is 2. The second kappa shape index (κ2) is 8.83. The smallest absolute Gasteiger partial charge is 0.261 e. The van der Waals surface area contributed by atoms with Crippen molar-refractivity contribution < 1.29 is 23.5 Å². The molecule has 9 heteroatoms. The van der Waals surface area contributed by atoms with E-state index in [1.54, 1.807) is 24.2 Å². The Morgan fingerprint density at radius 2 is 1.94 bits per heavy atom. The molecule has 0 saturated carbocycles. The highest BCUT2D eigenvalue weighted by molar-refractivity contribution is 7.16. The summed E-state index contributed by atoms with van der Waals surface area (Å²) < 4.78 is 16.0. The van der Waals surface area contributed by atoms with Crippen molar-refractivity contribution in [3.63, 3.8) is 0 Å². The Hall–Kier alpha value is -4.11. The zero-order valence-electron chi connectivity index (χ0n) is 19.8. The van der Waals surface area contributed by atoms with E-state index < -0.39 is 0 Å². The maximum atomic E-state index is 13.0. The molecule has 0 atom stereocenters. The first-order valence-corrected chi connectivity index (χ1v) is 12.4. The van der Waals surface area contributed by atoms with Crippen LogP contribution in [0.15, 0.2) is 53.1 Å². The highest BCUT2D eigenvalue weighted by atomic mass is 32.1. The summed E-state index contributed by atoms with van der Waals surface area (Å²) >= 11 is 1.44. The maximum Gasteiger partial charge on any atom is 0.261 e. The third-order valence-electron chi connectivity index (χ3n) is 6.43. The van der Waals surface area contributed by atoms with Gasteiger partial charge in [-0.15, -0.1) is 11.3 Å². The van der Waals surface area contributed by atoms with Gasteiger partial charge in [-0.2, -0.15) is 0 Å². The average Bonchev–Trinajstić information content (AvgIpc) is 3.64. The number of carbonyl (C=O) groups excluding carboxylic acids is 2. The highest BCUT2D eigenvalue weighted by Gasteiger charge is 2.28. The van der Waals surface area contributed by atoms with Crippen LogP contribution in [0.5, 0.6) is 11.5 Å². The second-order valence-corrected chi connectivity index (χ2v) is 9.98. The molecule has 8 nitrogen and oxygen atoms in total. The minimum atomic E-state index is -0.146. The number of nitrogens with zero attached hydrogens (tertiary/aromatic N) is 2. The van der Waals surface area contributed by atoms with Crippen LogP contribution >= 0.6 is 11.3 Å². The van der Waals surface area contributed by atoms with E-state index in [2.05, 4.69) is 11.4 Å². The molecule has 2 aliphatic heterocycles. The Labute approximate surface area is 211 Å². The first-order chi connectivity index (χ1) is 17.5. The molecular weight excluding hydrogens is 478 g/mol. The van der Waals surface area contributed by atoms with Gasteiger partial charge in [0, 0.05) is 22.7 Å². The normalized spacial score (nSPS) is 13.7. The number of amides is 2. The Kier molecular flexibility index (Phi) is 5.49. The molecule has 4 heterocycles. The largest absolute Gasteiger partial charge is 0.469 e. The molecule has 0 spiro atoms. The van der Waals surface area contributed by atoms with Crippen molar-refractivity contribution in [3.8, 4) is 22.8 Å². The number of hydrogen-bond acceptors (Lipinski definition) is 7. The number of rotatable bonds is 5. The average molecular weight is 502 g/mol. The summed E-state index contributed by atoms with van der Waals surface area (Å²) in [6, 6.07) is 13.3. The lowest BCUT2D eigenvalue weighted by molar-refractivity contribution is -0.115. The van der Waals surface area contributed by atoms with E-state index in [0.717, 1.165) is 39.4 Å². The number of aromatic nitrogens is 1. The molecule has 1 N–H and O–H groups in total. The van der Waals surface area contributed by atoms with Crippen molar-refractivity contribution in [3.05, 3.63) is 76.1 Å². The van der Waals surface area contributed by atoms with E-state index in [1.165, 1.54) is 11.3 Å². The van der Waals surface area contributed by atoms with Crippen LogP contribution in [0.4, 0.5) is 10.8 Å². The van der Waals surface area contributed by atoms with Gasteiger partial charge in [0.1, 0.15) is 5.76 Å². The molecule has 0 fully saturated rings. The van der Waals surface area contributed by atoms with Crippen LogP contribution < -0.4 is 19.7 Å². The van der Waals surface area contributed by atoms with Gasteiger partial charge in [-0.3, -0.25) is 9.59 Å². The topological polar surface area (TPSA) is 93.9 Å². The van der Waals surface area contributed by atoms with Gasteiger partial charge in [0.05, 0.1) is 23.9 Å². The van der Waals surface area contributed by atoms with Crippen molar-refractivity contribution in [1.29, 1.82) is 0 Å². The zero-order valence-corrected chi connectivity index (χ0v) is 20.6. The number of anilines is 2. The lowest BCUT2D eigenvalue weighted by atomic mass is 10.1. The van der Waals surface area contributed by atoms with E-state index in [1.807, 2.05) is 37.3 Å². The number of nitrogens with one attached hydrogen (secondary N) is 1. The fourth-order valence-corrected chi connectivity index (χ4v) is 5.48. The van der Waals surface area contributed by atoms with Crippen molar-refractivity contribution in [2.45, 2.75) is 26.7 Å². The van der Waals surface area contributed by atoms with Crippen LogP contribution in [0, 0.1) is 13.8 Å². The first kappa shape index (κ1) is 22.4. The monoisotopic (exact) mass is 501 g/mol. The summed E-state index contributed by atoms with van der Waals surface area (Å²) in [7, 11) is 0. The van der Waals surface area contributed by atoms with Gasteiger partial charge in [-0.1, -0.05) is 12.1 Å². The molecule has 2 aliphatic rings. The van der Waals surface area contributed by atoms with Gasteiger partial charge in [-0.05, 0) is 61.7 Å². The molecule has 0 aliphatic carbocycles. The highest BCUT2D eigenvalue weighted by Crippen LogP contribution is 2.37. The molecular formula is C27H23N3O5S. The van der Waals surface area contributed by atoms with Crippen molar-refractivity contribution >= 4 is 34.0 Å². The standard InChI is InChI=1S/C27H23N3O5S/c1-15-20(8-10-33-15)26(32)30-9-7-18-13-19(4-5-21(18)30)25-16(2)36-27(29-25)28-24(31)12-17-3-6-22-23(11-17)35-14-34-22/h3-6,8,10-11,13H,7,9,12,14H2,1-2H3,(H,28,29,31). The maximum absolute atomic E-state index is 13.0. The number of carbonyl (C=O) groups is 2.